The highest BCUT2D eigenvalue weighted by molar-refractivity contribution is 7.91. The Hall–Kier alpha value is -1.31. The molecule has 2 N–H and O–H groups in total. The summed E-state index contributed by atoms with van der Waals surface area (Å²) in [5.74, 6) is -2.03. The highest BCUT2D eigenvalue weighted by Crippen LogP contribution is 2.20. The zero-order chi connectivity index (χ0) is 15.6. The maximum absolute atomic E-state index is 11.9. The van der Waals surface area contributed by atoms with E-state index in [1.807, 2.05) is 0 Å². The van der Waals surface area contributed by atoms with Crippen molar-refractivity contribution in [1.82, 2.24) is 10.9 Å². The van der Waals surface area contributed by atoms with Crippen molar-refractivity contribution >= 4 is 44.9 Å². The summed E-state index contributed by atoms with van der Waals surface area (Å²) in [6, 6.07) is 4.36. The van der Waals surface area contributed by atoms with Gasteiger partial charge in [0.15, 0.2) is 9.84 Å². The van der Waals surface area contributed by atoms with Crippen molar-refractivity contribution < 1.29 is 18.0 Å². The molecule has 9 heteroatoms. The highest BCUT2D eigenvalue weighted by Gasteiger charge is 2.33. The van der Waals surface area contributed by atoms with E-state index in [9.17, 15) is 18.0 Å². The minimum atomic E-state index is -3.16. The number of hydrogen-bond donors (Lipinski definition) is 2. The molecule has 2 rings (SSSR count). The molecule has 1 saturated heterocycles. The largest absolute Gasteiger partial charge is 0.273 e. The van der Waals surface area contributed by atoms with Crippen molar-refractivity contribution in [3.63, 3.8) is 0 Å². The van der Waals surface area contributed by atoms with Gasteiger partial charge in [0, 0.05) is 5.02 Å². The predicted octanol–water partition coefficient (Wildman–Crippen LogP) is 1.19. The normalized spacial score (nSPS) is 20.0. The molecule has 2 amide bonds. The SMILES string of the molecule is O=C(NNC(=O)[C@@H]1CCS(=O)(=O)C1)c1cc(Cl)ccc1Cl. The van der Waals surface area contributed by atoms with E-state index in [-0.39, 0.29) is 28.5 Å². The number of amides is 2. The van der Waals surface area contributed by atoms with E-state index in [2.05, 4.69) is 10.9 Å². The Labute approximate surface area is 131 Å². The van der Waals surface area contributed by atoms with E-state index in [1.165, 1.54) is 18.2 Å². The maximum Gasteiger partial charge on any atom is 0.271 e. The number of halogens is 2. The molecule has 1 heterocycles. The first-order valence-electron chi connectivity index (χ1n) is 6.04. The Bertz CT molecular complexity index is 690. The molecule has 0 saturated carbocycles. The van der Waals surface area contributed by atoms with Gasteiger partial charge in [-0.2, -0.15) is 0 Å². The fraction of sp³-hybridized carbons (Fsp3) is 0.333. The fourth-order valence-electron chi connectivity index (χ4n) is 1.96. The zero-order valence-electron chi connectivity index (χ0n) is 10.7. The lowest BCUT2D eigenvalue weighted by atomic mass is 10.1. The third-order valence-corrected chi connectivity index (χ3v) is 5.41. The molecule has 0 aliphatic carbocycles. The van der Waals surface area contributed by atoms with Gasteiger partial charge in [-0.3, -0.25) is 20.4 Å². The third-order valence-electron chi connectivity index (χ3n) is 3.08. The molecule has 0 aromatic heterocycles. The van der Waals surface area contributed by atoms with Crippen LogP contribution >= 0.6 is 23.2 Å². The maximum atomic E-state index is 11.9. The van der Waals surface area contributed by atoms with E-state index < -0.39 is 27.6 Å². The first kappa shape index (κ1) is 16.1. The van der Waals surface area contributed by atoms with Crippen molar-refractivity contribution in [1.29, 1.82) is 0 Å². The zero-order valence-corrected chi connectivity index (χ0v) is 13.1. The summed E-state index contributed by atoms with van der Waals surface area (Å²) < 4.78 is 22.6. The summed E-state index contributed by atoms with van der Waals surface area (Å²) >= 11 is 11.6. The Balaban J connectivity index is 1.95. The molecule has 1 atom stereocenters. The first-order chi connectivity index (χ1) is 9.78. The van der Waals surface area contributed by atoms with Crippen molar-refractivity contribution in [3.8, 4) is 0 Å². The molecule has 1 aliphatic heterocycles. The minimum absolute atomic E-state index is 0.0147. The van der Waals surface area contributed by atoms with Crippen LogP contribution in [0.3, 0.4) is 0 Å². The number of hydrazine groups is 1. The molecule has 0 spiro atoms. The second-order valence-electron chi connectivity index (χ2n) is 4.67. The molecule has 6 nitrogen and oxygen atoms in total. The molecule has 0 bridgehead atoms. The number of rotatable bonds is 2. The van der Waals surface area contributed by atoms with Crippen molar-refractivity contribution in [2.45, 2.75) is 6.42 Å². The van der Waals surface area contributed by atoms with Crippen LogP contribution in [0.1, 0.15) is 16.8 Å². The predicted molar refractivity (Wildman–Crippen MR) is 78.8 cm³/mol. The van der Waals surface area contributed by atoms with E-state index in [0.717, 1.165) is 0 Å². The summed E-state index contributed by atoms with van der Waals surface area (Å²) in [4.78, 5) is 23.6. The Kier molecular flexibility index (Phi) is 4.75. The second kappa shape index (κ2) is 6.21. The van der Waals surface area contributed by atoms with E-state index in [0.29, 0.717) is 5.02 Å². The van der Waals surface area contributed by atoms with E-state index in [4.69, 9.17) is 23.2 Å². The number of sulfone groups is 1. The van der Waals surface area contributed by atoms with Crippen molar-refractivity contribution in [2.75, 3.05) is 11.5 Å². The Morgan fingerprint density at radius 3 is 2.52 bits per heavy atom. The van der Waals surface area contributed by atoms with Crippen LogP contribution in [0.4, 0.5) is 0 Å². The van der Waals surface area contributed by atoms with Crippen LogP contribution < -0.4 is 10.9 Å². The number of nitrogens with one attached hydrogen (secondary N) is 2. The van der Waals surface area contributed by atoms with Gasteiger partial charge in [-0.15, -0.1) is 0 Å². The number of carbonyl (C=O) groups excluding carboxylic acids is 2. The molecular weight excluding hydrogens is 339 g/mol. The minimum Gasteiger partial charge on any atom is -0.273 e. The number of carbonyl (C=O) groups is 2. The van der Waals surface area contributed by atoms with Crippen molar-refractivity contribution in [3.05, 3.63) is 33.8 Å². The van der Waals surface area contributed by atoms with Crippen LogP contribution in [0.15, 0.2) is 18.2 Å². The van der Waals surface area contributed by atoms with Crippen LogP contribution in [-0.4, -0.2) is 31.7 Å². The number of hydrogen-bond acceptors (Lipinski definition) is 4. The van der Waals surface area contributed by atoms with Crippen LogP contribution in [-0.2, 0) is 14.6 Å². The first-order valence-corrected chi connectivity index (χ1v) is 8.62. The lowest BCUT2D eigenvalue weighted by Gasteiger charge is -2.11. The summed E-state index contributed by atoms with van der Waals surface area (Å²) in [5, 5.41) is 0.521. The lowest BCUT2D eigenvalue weighted by Crippen LogP contribution is -2.44. The van der Waals surface area contributed by atoms with Crippen LogP contribution in [0, 0.1) is 5.92 Å². The highest BCUT2D eigenvalue weighted by atomic mass is 35.5. The topological polar surface area (TPSA) is 92.3 Å². The monoisotopic (exact) mass is 350 g/mol. The summed E-state index contributed by atoms with van der Waals surface area (Å²) in [6.07, 6.45) is 0.252. The van der Waals surface area contributed by atoms with Gasteiger partial charge >= 0.3 is 0 Å². The van der Waals surface area contributed by atoms with Crippen molar-refractivity contribution in [2.24, 2.45) is 5.92 Å². The van der Waals surface area contributed by atoms with Gasteiger partial charge in [0.2, 0.25) is 5.91 Å². The van der Waals surface area contributed by atoms with Crippen LogP contribution in [0.5, 0.6) is 0 Å². The smallest absolute Gasteiger partial charge is 0.271 e. The van der Waals surface area contributed by atoms with E-state index >= 15 is 0 Å². The third kappa shape index (κ3) is 4.09. The Morgan fingerprint density at radius 1 is 1.19 bits per heavy atom. The van der Waals surface area contributed by atoms with Gasteiger partial charge in [-0.1, -0.05) is 23.2 Å². The van der Waals surface area contributed by atoms with Gasteiger partial charge in [0.25, 0.3) is 5.91 Å². The quantitative estimate of drug-likeness (QED) is 0.783. The average molecular weight is 351 g/mol. The molecule has 0 unspecified atom stereocenters. The molecule has 1 fully saturated rings. The summed E-state index contributed by atoms with van der Waals surface area (Å²) in [6.45, 7) is 0. The molecule has 1 aromatic carbocycles. The van der Waals surface area contributed by atoms with Gasteiger partial charge < -0.3 is 0 Å². The summed E-state index contributed by atoms with van der Waals surface area (Å²) in [5.41, 5.74) is 4.51. The van der Waals surface area contributed by atoms with Crippen LogP contribution in [0.25, 0.3) is 0 Å². The number of benzene rings is 1. The van der Waals surface area contributed by atoms with Gasteiger partial charge in [0.1, 0.15) is 0 Å². The molecule has 21 heavy (non-hydrogen) atoms. The molecule has 1 aliphatic rings. The Morgan fingerprint density at radius 2 is 1.90 bits per heavy atom. The second-order valence-corrected chi connectivity index (χ2v) is 7.74. The lowest BCUT2D eigenvalue weighted by molar-refractivity contribution is -0.125. The van der Waals surface area contributed by atoms with E-state index in [1.54, 1.807) is 0 Å². The van der Waals surface area contributed by atoms with Gasteiger partial charge in [-0.25, -0.2) is 8.42 Å². The molecule has 114 valence electrons. The van der Waals surface area contributed by atoms with Gasteiger partial charge in [0.05, 0.1) is 28.0 Å². The van der Waals surface area contributed by atoms with Crippen LogP contribution in [0.2, 0.25) is 10.0 Å². The molecule has 1 aromatic rings. The molecular formula is C12H12Cl2N2O4S. The fourth-order valence-corrected chi connectivity index (χ4v) is 4.08. The average Bonchev–Trinajstić information content (AvgIpc) is 2.79. The molecule has 0 radical (unpaired) electrons. The standard InChI is InChI=1S/C12H12Cl2N2O4S/c13-8-1-2-10(14)9(5-8)12(18)16-15-11(17)7-3-4-21(19,20)6-7/h1-2,5,7H,3-4,6H2,(H,15,17)(H,16,18)/t7-/m1/s1. The van der Waals surface area contributed by atoms with Gasteiger partial charge in [-0.05, 0) is 24.6 Å². The summed E-state index contributed by atoms with van der Waals surface area (Å²) in [7, 11) is -3.16.